The molecule has 3 rings (SSSR count). The highest BCUT2D eigenvalue weighted by molar-refractivity contribution is 5.17. The second kappa shape index (κ2) is 10.4. The van der Waals surface area contributed by atoms with Gasteiger partial charge in [-0.15, -0.1) is 0 Å². The molecule has 4 nitrogen and oxygen atoms in total. The van der Waals surface area contributed by atoms with Gasteiger partial charge < -0.3 is 14.3 Å². The van der Waals surface area contributed by atoms with Crippen LogP contribution in [0.3, 0.4) is 0 Å². The van der Waals surface area contributed by atoms with Crippen molar-refractivity contribution in [1.82, 2.24) is 4.90 Å². The average Bonchev–Trinajstić information content (AvgIpc) is 3.34. The molecule has 1 aromatic carbocycles. The van der Waals surface area contributed by atoms with Gasteiger partial charge in [-0.25, -0.2) is 4.39 Å². The van der Waals surface area contributed by atoms with E-state index in [-0.39, 0.29) is 11.9 Å². The molecule has 0 aliphatic carbocycles. The summed E-state index contributed by atoms with van der Waals surface area (Å²) >= 11 is 0. The lowest BCUT2D eigenvalue weighted by atomic mass is 9.90. The molecule has 2 heterocycles. The van der Waals surface area contributed by atoms with E-state index in [9.17, 15) is 9.50 Å². The monoisotopic (exact) mass is 403 g/mol. The number of halogens is 1. The molecule has 1 saturated heterocycles. The Hall–Kier alpha value is -1.69. The molecule has 1 atom stereocenters. The standard InChI is InChI=1S/C24H34FNO3/c1-3-12-24(27,13-4-2)23-11-10-22(29-23)18-26(17-21-9-6-14-28-21)16-19-7-5-8-20(25)15-19/h5,7-8,10-11,15,21,27H,3-4,6,9,12-14,16-18H2,1-2H3/t21-/m0/s1. The molecule has 29 heavy (non-hydrogen) atoms. The Kier molecular flexibility index (Phi) is 7.87. The van der Waals surface area contributed by atoms with Gasteiger partial charge in [-0.3, -0.25) is 4.90 Å². The third-order valence-corrected chi connectivity index (χ3v) is 5.61. The summed E-state index contributed by atoms with van der Waals surface area (Å²) in [4.78, 5) is 2.24. The van der Waals surface area contributed by atoms with Crippen molar-refractivity contribution in [2.24, 2.45) is 0 Å². The van der Waals surface area contributed by atoms with Crippen LogP contribution in [0, 0.1) is 5.82 Å². The van der Waals surface area contributed by atoms with Crippen LogP contribution < -0.4 is 0 Å². The quantitative estimate of drug-likeness (QED) is 0.547. The maximum absolute atomic E-state index is 13.6. The van der Waals surface area contributed by atoms with Gasteiger partial charge in [0.2, 0.25) is 0 Å². The number of hydrogen-bond acceptors (Lipinski definition) is 4. The number of aliphatic hydroxyl groups is 1. The van der Waals surface area contributed by atoms with Crippen LogP contribution in [0.5, 0.6) is 0 Å². The van der Waals surface area contributed by atoms with E-state index in [1.807, 2.05) is 18.2 Å². The van der Waals surface area contributed by atoms with Gasteiger partial charge in [-0.2, -0.15) is 0 Å². The molecule has 5 heteroatoms. The molecule has 1 aliphatic heterocycles. The van der Waals surface area contributed by atoms with Crippen molar-refractivity contribution in [3.63, 3.8) is 0 Å². The Bertz CT molecular complexity index is 748. The number of ether oxygens (including phenoxy) is 1. The van der Waals surface area contributed by atoms with Crippen molar-refractivity contribution in [1.29, 1.82) is 0 Å². The molecular weight excluding hydrogens is 369 g/mol. The van der Waals surface area contributed by atoms with Crippen LogP contribution in [-0.2, 0) is 23.4 Å². The van der Waals surface area contributed by atoms with Crippen LogP contribution in [0.15, 0.2) is 40.8 Å². The zero-order valence-electron chi connectivity index (χ0n) is 17.7. The number of furan rings is 1. The lowest BCUT2D eigenvalue weighted by molar-refractivity contribution is -0.00564. The molecule has 1 aliphatic rings. The zero-order chi connectivity index (χ0) is 20.7. The Morgan fingerprint density at radius 1 is 1.14 bits per heavy atom. The Labute approximate surface area is 173 Å². The minimum atomic E-state index is -0.899. The van der Waals surface area contributed by atoms with E-state index >= 15 is 0 Å². The summed E-state index contributed by atoms with van der Waals surface area (Å²) in [6.45, 7) is 6.97. The van der Waals surface area contributed by atoms with Gasteiger partial charge in [0.15, 0.2) is 0 Å². The molecule has 1 aromatic heterocycles. The molecule has 1 N–H and O–H groups in total. The predicted octanol–water partition coefficient (Wildman–Crippen LogP) is 5.39. The third-order valence-electron chi connectivity index (χ3n) is 5.61. The number of benzene rings is 1. The van der Waals surface area contributed by atoms with Crippen molar-refractivity contribution in [3.05, 3.63) is 59.3 Å². The number of hydrogen-bond donors (Lipinski definition) is 1. The predicted molar refractivity (Wildman–Crippen MR) is 112 cm³/mol. The molecule has 0 bridgehead atoms. The number of rotatable bonds is 11. The van der Waals surface area contributed by atoms with Crippen molar-refractivity contribution in [2.75, 3.05) is 13.2 Å². The maximum Gasteiger partial charge on any atom is 0.135 e. The van der Waals surface area contributed by atoms with Gasteiger partial charge >= 0.3 is 0 Å². The summed E-state index contributed by atoms with van der Waals surface area (Å²) in [7, 11) is 0. The van der Waals surface area contributed by atoms with Gasteiger partial charge in [-0.1, -0.05) is 38.8 Å². The van der Waals surface area contributed by atoms with Crippen LogP contribution in [0.4, 0.5) is 4.39 Å². The van der Waals surface area contributed by atoms with E-state index < -0.39 is 5.60 Å². The number of nitrogens with zero attached hydrogens (tertiary/aromatic N) is 1. The maximum atomic E-state index is 13.6. The van der Waals surface area contributed by atoms with E-state index in [1.165, 1.54) is 6.07 Å². The normalized spacial score (nSPS) is 17.3. The summed E-state index contributed by atoms with van der Waals surface area (Å²) in [5, 5.41) is 11.1. The summed E-state index contributed by atoms with van der Waals surface area (Å²) < 4.78 is 25.6. The molecule has 0 spiro atoms. The van der Waals surface area contributed by atoms with Crippen molar-refractivity contribution < 1.29 is 18.7 Å². The van der Waals surface area contributed by atoms with Crippen molar-refractivity contribution in [2.45, 2.75) is 77.2 Å². The van der Waals surface area contributed by atoms with E-state index in [2.05, 4.69) is 18.7 Å². The highest BCUT2D eigenvalue weighted by Gasteiger charge is 2.31. The largest absolute Gasteiger partial charge is 0.462 e. The SMILES string of the molecule is CCCC(O)(CCC)c1ccc(CN(Cc2cccc(F)c2)C[C@@H]2CCCO2)o1. The fraction of sp³-hybridized carbons (Fsp3) is 0.583. The Balaban J connectivity index is 1.73. The molecule has 0 saturated carbocycles. The first-order valence-electron chi connectivity index (χ1n) is 10.9. The van der Waals surface area contributed by atoms with Crippen LogP contribution in [0.2, 0.25) is 0 Å². The van der Waals surface area contributed by atoms with Gasteiger partial charge in [-0.05, 0) is 55.5 Å². The van der Waals surface area contributed by atoms with Crippen molar-refractivity contribution >= 4 is 0 Å². The molecule has 0 amide bonds. The first-order valence-corrected chi connectivity index (χ1v) is 10.9. The van der Waals surface area contributed by atoms with Crippen molar-refractivity contribution in [3.8, 4) is 0 Å². The lowest BCUT2D eigenvalue weighted by Crippen LogP contribution is -2.31. The van der Waals surface area contributed by atoms with Gasteiger partial charge in [0, 0.05) is 19.7 Å². The summed E-state index contributed by atoms with van der Waals surface area (Å²) in [6.07, 6.45) is 5.53. The first-order chi connectivity index (χ1) is 14.0. The van der Waals surface area contributed by atoms with Crippen LogP contribution >= 0.6 is 0 Å². The van der Waals surface area contributed by atoms with Crippen LogP contribution in [0.1, 0.15) is 69.5 Å². The third kappa shape index (κ3) is 6.14. The zero-order valence-corrected chi connectivity index (χ0v) is 17.7. The molecule has 0 radical (unpaired) electrons. The topological polar surface area (TPSA) is 45.8 Å². The average molecular weight is 404 g/mol. The fourth-order valence-corrected chi connectivity index (χ4v) is 4.29. The first kappa shape index (κ1) is 22.0. The molecule has 2 aromatic rings. The van der Waals surface area contributed by atoms with E-state index in [0.29, 0.717) is 31.7 Å². The molecular formula is C24H34FNO3. The van der Waals surface area contributed by atoms with Crippen LogP contribution in [0.25, 0.3) is 0 Å². The molecule has 0 unspecified atom stereocenters. The second-order valence-electron chi connectivity index (χ2n) is 8.23. The van der Waals surface area contributed by atoms with Crippen LogP contribution in [-0.4, -0.2) is 29.3 Å². The summed E-state index contributed by atoms with van der Waals surface area (Å²) in [6, 6.07) is 10.6. The smallest absolute Gasteiger partial charge is 0.135 e. The highest BCUT2D eigenvalue weighted by Crippen LogP contribution is 2.33. The Morgan fingerprint density at radius 2 is 1.93 bits per heavy atom. The van der Waals surface area contributed by atoms with Gasteiger partial charge in [0.25, 0.3) is 0 Å². The van der Waals surface area contributed by atoms with Gasteiger partial charge in [0.1, 0.15) is 22.9 Å². The lowest BCUT2D eigenvalue weighted by Gasteiger charge is -2.26. The minimum absolute atomic E-state index is 0.204. The van der Waals surface area contributed by atoms with E-state index in [1.54, 1.807) is 12.1 Å². The highest BCUT2D eigenvalue weighted by atomic mass is 19.1. The fourth-order valence-electron chi connectivity index (χ4n) is 4.29. The van der Waals surface area contributed by atoms with E-state index in [4.69, 9.17) is 9.15 Å². The van der Waals surface area contributed by atoms with E-state index in [0.717, 1.165) is 50.2 Å². The second-order valence-corrected chi connectivity index (χ2v) is 8.23. The van der Waals surface area contributed by atoms with Gasteiger partial charge in [0.05, 0.1) is 12.6 Å². The Morgan fingerprint density at radius 3 is 2.59 bits per heavy atom. The molecule has 160 valence electrons. The molecule has 1 fully saturated rings. The summed E-state index contributed by atoms with van der Waals surface area (Å²) in [5.74, 6) is 1.25. The summed E-state index contributed by atoms with van der Waals surface area (Å²) in [5.41, 5.74) is 0.0345. The minimum Gasteiger partial charge on any atom is -0.462 e.